The van der Waals surface area contributed by atoms with E-state index in [-0.39, 0.29) is 5.41 Å². The molecule has 1 aromatic rings. The summed E-state index contributed by atoms with van der Waals surface area (Å²) in [5.74, 6) is 0.421. The maximum absolute atomic E-state index is 12.4. The first-order valence-electron chi connectivity index (χ1n) is 6.02. The minimum Gasteiger partial charge on any atom is -0.367 e. The molecule has 0 saturated heterocycles. The molecule has 1 aromatic heterocycles. The van der Waals surface area contributed by atoms with Crippen LogP contribution in [0.3, 0.4) is 0 Å². The first-order chi connectivity index (χ1) is 7.32. The van der Waals surface area contributed by atoms with Crippen molar-refractivity contribution in [1.82, 2.24) is 4.98 Å². The van der Waals surface area contributed by atoms with Crippen molar-refractivity contribution in [2.75, 3.05) is 0 Å². The number of aromatic nitrogens is 1. The van der Waals surface area contributed by atoms with Crippen LogP contribution in [-0.4, -0.2) is 10.8 Å². The van der Waals surface area contributed by atoms with Crippen LogP contribution in [0, 0.1) is 5.41 Å². The summed E-state index contributed by atoms with van der Waals surface area (Å²) >= 11 is 0. The van der Waals surface area contributed by atoms with Gasteiger partial charge in [0.25, 0.3) is 0 Å². The first-order valence-corrected chi connectivity index (χ1v) is 6.02. The van der Waals surface area contributed by atoms with E-state index < -0.39 is 0 Å². The van der Waals surface area contributed by atoms with Gasteiger partial charge in [-0.3, -0.25) is 4.79 Å². The Morgan fingerprint density at radius 2 is 1.87 bits per heavy atom. The van der Waals surface area contributed by atoms with Gasteiger partial charge in [-0.1, -0.05) is 19.3 Å². The van der Waals surface area contributed by atoms with E-state index in [9.17, 15) is 4.79 Å². The largest absolute Gasteiger partial charge is 0.367 e. The van der Waals surface area contributed by atoms with E-state index in [1.165, 1.54) is 24.8 Å². The van der Waals surface area contributed by atoms with E-state index >= 15 is 0 Å². The van der Waals surface area contributed by atoms with Crippen molar-refractivity contribution in [2.45, 2.75) is 44.9 Å². The van der Waals surface area contributed by atoms with Gasteiger partial charge in [0.05, 0.1) is 0 Å². The third kappa shape index (κ3) is 1.27. The number of aryl methyl sites for hydroxylation is 1. The molecule has 1 spiro atoms. The summed E-state index contributed by atoms with van der Waals surface area (Å²) in [6.45, 7) is 0. The second kappa shape index (κ2) is 3.22. The van der Waals surface area contributed by atoms with Crippen molar-refractivity contribution in [1.29, 1.82) is 0 Å². The fraction of sp³-hybridized carbons (Fsp3) is 0.615. The molecule has 1 heterocycles. The number of H-pyrrole nitrogens is 1. The second-order valence-electron chi connectivity index (χ2n) is 5.06. The van der Waals surface area contributed by atoms with Gasteiger partial charge in [-0.2, -0.15) is 0 Å². The number of carbonyl (C=O) groups excluding carboxylic acids is 1. The Balaban J connectivity index is 1.98. The molecule has 0 aliphatic heterocycles. The summed E-state index contributed by atoms with van der Waals surface area (Å²) in [4.78, 5) is 15.5. The fourth-order valence-corrected chi connectivity index (χ4v) is 3.29. The van der Waals surface area contributed by atoms with Crippen LogP contribution in [0.5, 0.6) is 0 Å². The standard InChI is InChI=1S/C13H17NO/c15-12-11-9-14-8-10(11)4-7-13(12)5-2-1-3-6-13/h8-9,14H,1-7H2. The number of Topliss-reactive ketones (excluding diaryl/α,β-unsaturated/α-hetero) is 1. The molecule has 0 atom stereocenters. The highest BCUT2D eigenvalue weighted by molar-refractivity contribution is 6.02. The highest BCUT2D eigenvalue weighted by Gasteiger charge is 2.42. The van der Waals surface area contributed by atoms with Gasteiger partial charge in [-0.05, 0) is 31.2 Å². The highest BCUT2D eigenvalue weighted by Crippen LogP contribution is 2.45. The Bertz CT molecular complexity index is 385. The van der Waals surface area contributed by atoms with Gasteiger partial charge in [0.2, 0.25) is 0 Å². The first kappa shape index (κ1) is 9.20. The van der Waals surface area contributed by atoms with Gasteiger partial charge in [-0.25, -0.2) is 0 Å². The van der Waals surface area contributed by atoms with Gasteiger partial charge < -0.3 is 4.98 Å². The van der Waals surface area contributed by atoms with E-state index in [1.807, 2.05) is 12.4 Å². The third-order valence-electron chi connectivity index (χ3n) is 4.24. The summed E-state index contributed by atoms with van der Waals surface area (Å²) in [7, 11) is 0. The van der Waals surface area contributed by atoms with Crippen LogP contribution in [0.1, 0.15) is 54.4 Å². The molecule has 2 aliphatic carbocycles. The number of hydrogen-bond acceptors (Lipinski definition) is 1. The molecule has 0 amide bonds. The summed E-state index contributed by atoms with van der Waals surface area (Å²) in [6, 6.07) is 0. The summed E-state index contributed by atoms with van der Waals surface area (Å²) in [5.41, 5.74) is 2.23. The molecule has 15 heavy (non-hydrogen) atoms. The third-order valence-corrected chi connectivity index (χ3v) is 4.24. The molecule has 1 fully saturated rings. The minimum atomic E-state index is 0.0213. The lowest BCUT2D eigenvalue weighted by Gasteiger charge is -2.38. The number of hydrogen-bond donors (Lipinski definition) is 1. The predicted molar refractivity (Wildman–Crippen MR) is 59.0 cm³/mol. The molecule has 0 unspecified atom stereocenters. The number of carbonyl (C=O) groups is 1. The minimum absolute atomic E-state index is 0.0213. The molecule has 2 aliphatic rings. The molecule has 1 N–H and O–H groups in total. The van der Waals surface area contributed by atoms with Crippen LogP contribution in [0.4, 0.5) is 0 Å². The Labute approximate surface area is 90.1 Å². The SMILES string of the molecule is O=C1c2c[nH]cc2CCC12CCCCC2. The van der Waals surface area contributed by atoms with Gasteiger partial charge in [0, 0.05) is 23.4 Å². The molecule has 0 radical (unpaired) electrons. The lowest BCUT2D eigenvalue weighted by molar-refractivity contribution is 0.0670. The van der Waals surface area contributed by atoms with Gasteiger partial charge in [0.1, 0.15) is 0 Å². The molecule has 0 aromatic carbocycles. The second-order valence-corrected chi connectivity index (χ2v) is 5.06. The molecule has 80 valence electrons. The zero-order valence-electron chi connectivity index (χ0n) is 9.01. The maximum atomic E-state index is 12.4. The number of aromatic amines is 1. The van der Waals surface area contributed by atoms with E-state index in [4.69, 9.17) is 0 Å². The molecular weight excluding hydrogens is 186 g/mol. The van der Waals surface area contributed by atoms with Crippen LogP contribution >= 0.6 is 0 Å². The Kier molecular flexibility index (Phi) is 1.98. The van der Waals surface area contributed by atoms with Crippen LogP contribution in [-0.2, 0) is 6.42 Å². The van der Waals surface area contributed by atoms with Crippen LogP contribution in [0.2, 0.25) is 0 Å². The van der Waals surface area contributed by atoms with Gasteiger partial charge in [0.15, 0.2) is 5.78 Å². The summed E-state index contributed by atoms with van der Waals surface area (Å²) in [5, 5.41) is 0. The normalized spacial score (nSPS) is 24.1. The fourth-order valence-electron chi connectivity index (χ4n) is 3.29. The number of fused-ring (bicyclic) bond motifs is 1. The average molecular weight is 203 g/mol. The smallest absolute Gasteiger partial charge is 0.170 e. The predicted octanol–water partition coefficient (Wildman–Crippen LogP) is 3.09. The van der Waals surface area contributed by atoms with Crippen molar-refractivity contribution >= 4 is 5.78 Å². The van der Waals surface area contributed by atoms with E-state index in [1.54, 1.807) is 0 Å². The van der Waals surface area contributed by atoms with Crippen LogP contribution in [0.25, 0.3) is 0 Å². The monoisotopic (exact) mass is 203 g/mol. The molecular formula is C13H17NO. The average Bonchev–Trinajstić information content (AvgIpc) is 2.74. The van der Waals surface area contributed by atoms with Crippen molar-refractivity contribution in [3.8, 4) is 0 Å². The molecule has 2 heteroatoms. The zero-order chi connectivity index (χ0) is 10.3. The van der Waals surface area contributed by atoms with E-state index in [0.29, 0.717) is 5.78 Å². The lowest BCUT2D eigenvalue weighted by atomic mass is 9.64. The summed E-state index contributed by atoms with van der Waals surface area (Å²) in [6.07, 6.45) is 12.1. The molecule has 1 saturated carbocycles. The van der Waals surface area contributed by atoms with E-state index in [0.717, 1.165) is 31.2 Å². The zero-order valence-corrected chi connectivity index (χ0v) is 9.01. The molecule has 2 nitrogen and oxygen atoms in total. The van der Waals surface area contributed by atoms with Crippen molar-refractivity contribution in [3.05, 3.63) is 23.5 Å². The van der Waals surface area contributed by atoms with Crippen molar-refractivity contribution < 1.29 is 4.79 Å². The lowest BCUT2D eigenvalue weighted by Crippen LogP contribution is -2.37. The number of rotatable bonds is 0. The van der Waals surface area contributed by atoms with Gasteiger partial charge >= 0.3 is 0 Å². The maximum Gasteiger partial charge on any atom is 0.170 e. The Morgan fingerprint density at radius 1 is 1.07 bits per heavy atom. The van der Waals surface area contributed by atoms with Crippen molar-refractivity contribution in [3.63, 3.8) is 0 Å². The summed E-state index contributed by atoms with van der Waals surface area (Å²) < 4.78 is 0. The van der Waals surface area contributed by atoms with E-state index in [2.05, 4.69) is 4.98 Å². The quantitative estimate of drug-likeness (QED) is 0.690. The van der Waals surface area contributed by atoms with Crippen LogP contribution in [0.15, 0.2) is 12.4 Å². The molecule has 3 rings (SSSR count). The Morgan fingerprint density at radius 3 is 2.67 bits per heavy atom. The topological polar surface area (TPSA) is 32.9 Å². The molecule has 0 bridgehead atoms. The van der Waals surface area contributed by atoms with Crippen molar-refractivity contribution in [2.24, 2.45) is 5.41 Å². The van der Waals surface area contributed by atoms with Crippen LogP contribution < -0.4 is 0 Å². The number of nitrogens with one attached hydrogen (secondary N) is 1. The number of ketones is 1. The van der Waals surface area contributed by atoms with Gasteiger partial charge in [-0.15, -0.1) is 0 Å². The highest BCUT2D eigenvalue weighted by atomic mass is 16.1. The Hall–Kier alpha value is -1.05.